The number of hydrogen-bond donors (Lipinski definition) is 5. The number of rotatable bonds is 5. The predicted molar refractivity (Wildman–Crippen MR) is 100 cm³/mol. The monoisotopic (exact) mass is 386 g/mol. The fourth-order valence-electron chi connectivity index (χ4n) is 3.14. The standard InChI is InChI=1S/C19H19FN4O4/c1-9-15(8-13-12-7-11(20)3-4-14(12)23-18(13)26)22-10(2)17(9)19(27)21-6-5-16(25)24-28/h3-4,7-8,22,28H,5-6H2,1-2H3,(H,21,27)(H,23,26)(H,24,25). The number of benzene rings is 1. The van der Waals surface area contributed by atoms with E-state index in [4.69, 9.17) is 5.21 Å². The zero-order chi connectivity index (χ0) is 20.4. The zero-order valence-corrected chi connectivity index (χ0v) is 15.3. The number of fused-ring (bicyclic) bond motifs is 1. The van der Waals surface area contributed by atoms with Gasteiger partial charge < -0.3 is 15.6 Å². The summed E-state index contributed by atoms with van der Waals surface area (Å²) in [6.45, 7) is 3.50. The van der Waals surface area contributed by atoms with E-state index in [-0.39, 0.29) is 24.8 Å². The maximum atomic E-state index is 13.6. The SMILES string of the molecule is Cc1[nH]c(C=C2C(=O)Nc3ccc(F)cc32)c(C)c1C(=O)NCCC(=O)NO. The molecule has 146 valence electrons. The summed E-state index contributed by atoms with van der Waals surface area (Å²) in [6, 6.07) is 4.05. The number of hydroxylamine groups is 1. The molecule has 2 aromatic rings. The third-order valence-corrected chi connectivity index (χ3v) is 4.52. The number of aromatic nitrogens is 1. The molecule has 5 N–H and O–H groups in total. The number of anilines is 1. The molecule has 3 rings (SSSR count). The number of amides is 3. The van der Waals surface area contributed by atoms with Crippen molar-refractivity contribution in [1.82, 2.24) is 15.8 Å². The number of carbonyl (C=O) groups is 3. The average molecular weight is 386 g/mol. The highest BCUT2D eigenvalue weighted by Crippen LogP contribution is 2.34. The summed E-state index contributed by atoms with van der Waals surface area (Å²) in [5.74, 6) is -1.80. The van der Waals surface area contributed by atoms with E-state index in [0.717, 1.165) is 0 Å². The molecular formula is C19H19FN4O4. The minimum atomic E-state index is -0.605. The second-order valence-corrected chi connectivity index (χ2v) is 6.41. The van der Waals surface area contributed by atoms with Gasteiger partial charge in [0, 0.05) is 35.6 Å². The smallest absolute Gasteiger partial charge is 0.256 e. The lowest BCUT2D eigenvalue weighted by Crippen LogP contribution is -2.29. The molecule has 0 spiro atoms. The van der Waals surface area contributed by atoms with Gasteiger partial charge in [-0.3, -0.25) is 19.6 Å². The summed E-state index contributed by atoms with van der Waals surface area (Å²) >= 11 is 0. The molecular weight excluding hydrogens is 367 g/mol. The number of aromatic amines is 1. The summed E-state index contributed by atoms with van der Waals surface area (Å²) in [5, 5.41) is 13.8. The van der Waals surface area contributed by atoms with Crippen molar-refractivity contribution >= 4 is 35.1 Å². The molecule has 8 nitrogen and oxygen atoms in total. The van der Waals surface area contributed by atoms with Gasteiger partial charge in [0.05, 0.1) is 11.1 Å². The molecule has 0 saturated heterocycles. The Bertz CT molecular complexity index is 1010. The van der Waals surface area contributed by atoms with Crippen LogP contribution >= 0.6 is 0 Å². The molecule has 0 radical (unpaired) electrons. The normalized spacial score (nSPS) is 14.0. The van der Waals surface area contributed by atoms with Crippen LogP contribution < -0.4 is 16.1 Å². The first-order valence-electron chi connectivity index (χ1n) is 8.55. The lowest BCUT2D eigenvalue weighted by molar-refractivity contribution is -0.129. The van der Waals surface area contributed by atoms with Crippen LogP contribution in [-0.2, 0) is 9.59 Å². The van der Waals surface area contributed by atoms with E-state index in [1.807, 2.05) is 0 Å². The summed E-state index contributed by atoms with van der Waals surface area (Å²) in [4.78, 5) is 38.8. The van der Waals surface area contributed by atoms with Crippen molar-refractivity contribution in [3.8, 4) is 0 Å². The van der Waals surface area contributed by atoms with Crippen LogP contribution in [0.3, 0.4) is 0 Å². The Morgan fingerprint density at radius 1 is 1.29 bits per heavy atom. The van der Waals surface area contributed by atoms with E-state index in [1.165, 1.54) is 23.7 Å². The van der Waals surface area contributed by atoms with Gasteiger partial charge in [-0.15, -0.1) is 0 Å². The fourth-order valence-corrected chi connectivity index (χ4v) is 3.14. The van der Waals surface area contributed by atoms with Crippen LogP contribution in [0.1, 0.15) is 39.3 Å². The Morgan fingerprint density at radius 3 is 2.75 bits per heavy atom. The van der Waals surface area contributed by atoms with Gasteiger partial charge >= 0.3 is 0 Å². The molecule has 0 aliphatic carbocycles. The van der Waals surface area contributed by atoms with Crippen LogP contribution in [0.25, 0.3) is 11.6 Å². The Labute approximate surface area is 159 Å². The van der Waals surface area contributed by atoms with Crippen molar-refractivity contribution in [3.63, 3.8) is 0 Å². The average Bonchev–Trinajstić information content (AvgIpc) is 3.11. The number of H-pyrrole nitrogens is 1. The molecule has 1 aromatic heterocycles. The topological polar surface area (TPSA) is 123 Å². The number of aryl methyl sites for hydroxylation is 1. The largest absolute Gasteiger partial charge is 0.358 e. The molecule has 1 aliphatic heterocycles. The Morgan fingerprint density at radius 2 is 2.04 bits per heavy atom. The van der Waals surface area contributed by atoms with Gasteiger partial charge in [0.15, 0.2) is 0 Å². The van der Waals surface area contributed by atoms with E-state index in [0.29, 0.717) is 39.3 Å². The van der Waals surface area contributed by atoms with Gasteiger partial charge in [-0.2, -0.15) is 0 Å². The molecule has 0 fully saturated rings. The Kier molecular flexibility index (Phi) is 5.27. The van der Waals surface area contributed by atoms with E-state index in [1.54, 1.807) is 19.9 Å². The molecule has 0 unspecified atom stereocenters. The summed E-state index contributed by atoms with van der Waals surface area (Å²) in [6.07, 6.45) is 1.52. The highest BCUT2D eigenvalue weighted by Gasteiger charge is 2.26. The third kappa shape index (κ3) is 3.65. The van der Waals surface area contributed by atoms with E-state index < -0.39 is 11.7 Å². The summed E-state index contributed by atoms with van der Waals surface area (Å²) < 4.78 is 13.6. The minimum absolute atomic E-state index is 0.0563. The van der Waals surface area contributed by atoms with Crippen molar-refractivity contribution < 1.29 is 24.0 Å². The quantitative estimate of drug-likeness (QED) is 0.306. The van der Waals surface area contributed by atoms with Crippen molar-refractivity contribution in [2.75, 3.05) is 11.9 Å². The van der Waals surface area contributed by atoms with Crippen LogP contribution in [0.5, 0.6) is 0 Å². The molecule has 28 heavy (non-hydrogen) atoms. The predicted octanol–water partition coefficient (Wildman–Crippen LogP) is 1.89. The van der Waals surface area contributed by atoms with Crippen molar-refractivity contribution in [1.29, 1.82) is 0 Å². The molecule has 1 aliphatic rings. The summed E-state index contributed by atoms with van der Waals surface area (Å²) in [7, 11) is 0. The second-order valence-electron chi connectivity index (χ2n) is 6.41. The van der Waals surface area contributed by atoms with Crippen molar-refractivity contribution in [3.05, 3.63) is 52.1 Å². The van der Waals surface area contributed by atoms with E-state index in [2.05, 4.69) is 15.6 Å². The maximum absolute atomic E-state index is 13.6. The molecule has 0 bridgehead atoms. The highest BCUT2D eigenvalue weighted by molar-refractivity contribution is 6.34. The second kappa shape index (κ2) is 7.65. The first-order chi connectivity index (χ1) is 13.3. The first kappa shape index (κ1) is 19.3. The number of hydrogen-bond acceptors (Lipinski definition) is 4. The van der Waals surface area contributed by atoms with Crippen LogP contribution in [0.15, 0.2) is 18.2 Å². The highest BCUT2D eigenvalue weighted by atomic mass is 19.1. The van der Waals surface area contributed by atoms with Gasteiger partial charge in [0.25, 0.3) is 11.8 Å². The molecule has 3 amide bonds. The Hall–Kier alpha value is -3.46. The van der Waals surface area contributed by atoms with E-state index >= 15 is 0 Å². The van der Waals surface area contributed by atoms with Gasteiger partial charge in [-0.1, -0.05) is 0 Å². The molecule has 1 aromatic carbocycles. The number of nitrogens with one attached hydrogen (secondary N) is 4. The summed E-state index contributed by atoms with van der Waals surface area (Å²) in [5.41, 5.74) is 4.93. The van der Waals surface area contributed by atoms with Gasteiger partial charge in [-0.05, 0) is 43.7 Å². The van der Waals surface area contributed by atoms with Crippen LogP contribution in [0.2, 0.25) is 0 Å². The van der Waals surface area contributed by atoms with Crippen molar-refractivity contribution in [2.24, 2.45) is 0 Å². The molecule has 0 atom stereocenters. The lowest BCUT2D eigenvalue weighted by Gasteiger charge is -2.05. The van der Waals surface area contributed by atoms with Crippen LogP contribution in [0.4, 0.5) is 10.1 Å². The van der Waals surface area contributed by atoms with Gasteiger partial charge in [-0.25, -0.2) is 9.87 Å². The van der Waals surface area contributed by atoms with Gasteiger partial charge in [0.1, 0.15) is 5.82 Å². The Balaban J connectivity index is 1.88. The van der Waals surface area contributed by atoms with E-state index in [9.17, 15) is 18.8 Å². The first-order valence-corrected chi connectivity index (χ1v) is 8.55. The van der Waals surface area contributed by atoms with Crippen molar-refractivity contribution in [2.45, 2.75) is 20.3 Å². The lowest BCUT2D eigenvalue weighted by atomic mass is 10.0. The fraction of sp³-hybridized carbons (Fsp3) is 0.211. The number of carbonyl (C=O) groups excluding carboxylic acids is 3. The minimum Gasteiger partial charge on any atom is -0.358 e. The van der Waals surface area contributed by atoms with Crippen LogP contribution in [0, 0.1) is 19.7 Å². The zero-order valence-electron chi connectivity index (χ0n) is 15.3. The van der Waals surface area contributed by atoms with Crippen LogP contribution in [-0.4, -0.2) is 34.5 Å². The van der Waals surface area contributed by atoms with Gasteiger partial charge in [0.2, 0.25) is 5.91 Å². The molecule has 2 heterocycles. The molecule has 9 heteroatoms. The third-order valence-electron chi connectivity index (χ3n) is 4.52. The number of halogens is 1. The molecule has 0 saturated carbocycles. The maximum Gasteiger partial charge on any atom is 0.256 e.